The number of aryl methyl sites for hydroxylation is 1. The summed E-state index contributed by atoms with van der Waals surface area (Å²) in [4.78, 5) is 1.34. The Morgan fingerprint density at radius 2 is 2.15 bits per heavy atom. The standard InChI is InChI=1S/C10H14O2S/c11-6-10(7-12)4-1-2-9-8(10)3-5-13-9/h3,5,11-12H,1-2,4,6-7H2. The number of aliphatic hydroxyl groups is 2. The molecule has 1 heterocycles. The van der Waals surface area contributed by atoms with Gasteiger partial charge in [-0.3, -0.25) is 0 Å². The van der Waals surface area contributed by atoms with Gasteiger partial charge in [-0.15, -0.1) is 11.3 Å². The maximum absolute atomic E-state index is 9.35. The van der Waals surface area contributed by atoms with E-state index in [4.69, 9.17) is 0 Å². The van der Waals surface area contributed by atoms with Crippen molar-refractivity contribution < 1.29 is 10.2 Å². The van der Waals surface area contributed by atoms with Crippen LogP contribution in [0.4, 0.5) is 0 Å². The molecule has 1 aromatic rings. The average Bonchev–Trinajstić information content (AvgIpc) is 2.65. The highest BCUT2D eigenvalue weighted by molar-refractivity contribution is 7.10. The first-order valence-electron chi connectivity index (χ1n) is 4.61. The molecular weight excluding hydrogens is 184 g/mol. The van der Waals surface area contributed by atoms with Crippen molar-refractivity contribution in [1.82, 2.24) is 0 Å². The molecule has 0 saturated carbocycles. The van der Waals surface area contributed by atoms with E-state index in [0.29, 0.717) is 0 Å². The van der Waals surface area contributed by atoms with Crippen LogP contribution in [0.2, 0.25) is 0 Å². The van der Waals surface area contributed by atoms with Crippen LogP contribution in [-0.4, -0.2) is 23.4 Å². The molecule has 0 unspecified atom stereocenters. The first-order chi connectivity index (χ1) is 6.32. The molecule has 72 valence electrons. The van der Waals surface area contributed by atoms with Crippen molar-refractivity contribution in [3.05, 3.63) is 21.9 Å². The van der Waals surface area contributed by atoms with E-state index in [1.54, 1.807) is 11.3 Å². The first-order valence-corrected chi connectivity index (χ1v) is 5.49. The summed E-state index contributed by atoms with van der Waals surface area (Å²) in [5.41, 5.74) is 0.821. The molecule has 0 fully saturated rings. The van der Waals surface area contributed by atoms with Crippen LogP contribution in [0.15, 0.2) is 11.4 Å². The molecule has 2 rings (SSSR count). The van der Waals surface area contributed by atoms with Gasteiger partial charge in [0.05, 0.1) is 13.2 Å². The van der Waals surface area contributed by atoms with Crippen molar-refractivity contribution in [3.63, 3.8) is 0 Å². The number of hydrogen-bond acceptors (Lipinski definition) is 3. The minimum absolute atomic E-state index is 0.0627. The maximum atomic E-state index is 9.35. The van der Waals surface area contributed by atoms with Crippen LogP contribution in [0.3, 0.4) is 0 Å². The molecule has 0 saturated heterocycles. The molecule has 2 N–H and O–H groups in total. The fourth-order valence-electron chi connectivity index (χ4n) is 2.11. The van der Waals surface area contributed by atoms with E-state index >= 15 is 0 Å². The second kappa shape index (κ2) is 3.40. The highest BCUT2D eigenvalue weighted by atomic mass is 32.1. The molecule has 2 nitrogen and oxygen atoms in total. The zero-order valence-corrected chi connectivity index (χ0v) is 8.31. The van der Waals surface area contributed by atoms with Gasteiger partial charge in [0.25, 0.3) is 0 Å². The molecular formula is C10H14O2S. The van der Waals surface area contributed by atoms with Gasteiger partial charge in [0, 0.05) is 10.3 Å². The Morgan fingerprint density at radius 3 is 2.85 bits per heavy atom. The van der Waals surface area contributed by atoms with Crippen LogP contribution >= 0.6 is 11.3 Å². The second-order valence-corrected chi connectivity index (χ2v) is 4.71. The number of rotatable bonds is 2. The molecule has 1 aromatic heterocycles. The Kier molecular flexibility index (Phi) is 2.41. The Balaban J connectivity index is 2.43. The lowest BCUT2D eigenvalue weighted by atomic mass is 9.74. The molecule has 3 heteroatoms. The summed E-state index contributed by atoms with van der Waals surface area (Å²) >= 11 is 1.74. The third-order valence-corrected chi connectivity index (χ3v) is 3.96. The van der Waals surface area contributed by atoms with Crippen molar-refractivity contribution in [1.29, 1.82) is 0 Å². The van der Waals surface area contributed by atoms with E-state index in [0.717, 1.165) is 19.3 Å². The van der Waals surface area contributed by atoms with Gasteiger partial charge >= 0.3 is 0 Å². The molecule has 13 heavy (non-hydrogen) atoms. The lowest BCUT2D eigenvalue weighted by Gasteiger charge is -2.34. The fraction of sp³-hybridized carbons (Fsp3) is 0.600. The average molecular weight is 198 g/mol. The Hall–Kier alpha value is -0.380. The van der Waals surface area contributed by atoms with E-state index < -0.39 is 0 Å². The second-order valence-electron chi connectivity index (χ2n) is 3.71. The summed E-state index contributed by atoms with van der Waals surface area (Å²) in [7, 11) is 0. The van der Waals surface area contributed by atoms with Gasteiger partial charge < -0.3 is 10.2 Å². The number of aliphatic hydroxyl groups excluding tert-OH is 2. The van der Waals surface area contributed by atoms with E-state index in [-0.39, 0.29) is 18.6 Å². The summed E-state index contributed by atoms with van der Waals surface area (Å²) < 4.78 is 0. The fourth-order valence-corrected chi connectivity index (χ4v) is 3.15. The zero-order chi connectivity index (χ0) is 9.31. The van der Waals surface area contributed by atoms with E-state index in [1.807, 2.05) is 6.07 Å². The van der Waals surface area contributed by atoms with Crippen LogP contribution in [0.25, 0.3) is 0 Å². The van der Waals surface area contributed by atoms with E-state index in [1.165, 1.54) is 10.4 Å². The number of thiophene rings is 1. The quantitative estimate of drug-likeness (QED) is 0.752. The summed E-state index contributed by atoms with van der Waals surface area (Å²) in [6, 6.07) is 2.05. The minimum Gasteiger partial charge on any atom is -0.395 e. The van der Waals surface area contributed by atoms with Crippen molar-refractivity contribution >= 4 is 11.3 Å². The van der Waals surface area contributed by atoms with Gasteiger partial charge in [0.2, 0.25) is 0 Å². The lowest BCUT2D eigenvalue weighted by Crippen LogP contribution is -2.37. The predicted octanol–water partition coefficient (Wildman–Crippen LogP) is 1.31. The normalized spacial score (nSPS) is 19.8. The molecule has 0 aromatic carbocycles. The largest absolute Gasteiger partial charge is 0.395 e. The van der Waals surface area contributed by atoms with Gasteiger partial charge in [-0.1, -0.05) is 0 Å². The van der Waals surface area contributed by atoms with Gasteiger partial charge in [0.15, 0.2) is 0 Å². The van der Waals surface area contributed by atoms with Gasteiger partial charge in [0.1, 0.15) is 0 Å². The van der Waals surface area contributed by atoms with Crippen LogP contribution in [0.1, 0.15) is 23.3 Å². The Bertz CT molecular complexity index is 289. The maximum Gasteiger partial charge on any atom is 0.0550 e. The van der Waals surface area contributed by atoms with E-state index in [2.05, 4.69) is 5.38 Å². The lowest BCUT2D eigenvalue weighted by molar-refractivity contribution is 0.103. The van der Waals surface area contributed by atoms with E-state index in [9.17, 15) is 10.2 Å². The van der Waals surface area contributed by atoms with Crippen LogP contribution in [0.5, 0.6) is 0 Å². The van der Waals surface area contributed by atoms with Crippen molar-refractivity contribution in [2.45, 2.75) is 24.7 Å². The van der Waals surface area contributed by atoms with Crippen molar-refractivity contribution in [2.75, 3.05) is 13.2 Å². The monoisotopic (exact) mass is 198 g/mol. The van der Waals surface area contributed by atoms with Gasteiger partial charge in [-0.25, -0.2) is 0 Å². The van der Waals surface area contributed by atoms with Crippen molar-refractivity contribution in [3.8, 4) is 0 Å². The summed E-state index contributed by atoms with van der Waals surface area (Å²) in [6.45, 7) is 0.125. The van der Waals surface area contributed by atoms with Crippen molar-refractivity contribution in [2.24, 2.45) is 0 Å². The van der Waals surface area contributed by atoms with Gasteiger partial charge in [-0.05, 0) is 36.3 Å². The zero-order valence-electron chi connectivity index (χ0n) is 7.49. The van der Waals surface area contributed by atoms with Crippen LogP contribution in [-0.2, 0) is 11.8 Å². The third kappa shape index (κ3) is 1.31. The molecule has 1 aliphatic rings. The molecule has 0 spiro atoms. The highest BCUT2D eigenvalue weighted by Crippen LogP contribution is 2.39. The molecule has 1 aliphatic carbocycles. The molecule has 0 radical (unpaired) electrons. The smallest absolute Gasteiger partial charge is 0.0550 e. The number of hydrogen-bond donors (Lipinski definition) is 2. The summed E-state index contributed by atoms with van der Waals surface area (Å²) in [5, 5.41) is 20.8. The minimum atomic E-state index is -0.354. The molecule has 0 amide bonds. The first kappa shape index (κ1) is 9.19. The number of fused-ring (bicyclic) bond motifs is 1. The Morgan fingerprint density at radius 1 is 1.38 bits per heavy atom. The molecule has 0 aliphatic heterocycles. The topological polar surface area (TPSA) is 40.5 Å². The molecule has 0 atom stereocenters. The summed E-state index contributed by atoms with van der Waals surface area (Å²) in [6.07, 6.45) is 3.09. The third-order valence-electron chi connectivity index (χ3n) is 2.98. The summed E-state index contributed by atoms with van der Waals surface area (Å²) in [5.74, 6) is 0. The highest BCUT2D eigenvalue weighted by Gasteiger charge is 2.35. The SMILES string of the molecule is OCC1(CO)CCCc2sccc21. The van der Waals surface area contributed by atoms with Crippen LogP contribution in [0, 0.1) is 0 Å². The Labute approximate surface area is 81.8 Å². The van der Waals surface area contributed by atoms with Gasteiger partial charge in [-0.2, -0.15) is 0 Å². The van der Waals surface area contributed by atoms with Crippen LogP contribution < -0.4 is 0 Å². The predicted molar refractivity (Wildman–Crippen MR) is 53.1 cm³/mol. The molecule has 0 bridgehead atoms.